The Morgan fingerprint density at radius 3 is 2.71 bits per heavy atom. The van der Waals surface area contributed by atoms with Crippen molar-refractivity contribution in [2.75, 3.05) is 6.61 Å². The van der Waals surface area contributed by atoms with Gasteiger partial charge in [0, 0.05) is 6.07 Å². The molecule has 162 valence electrons. The second-order valence-corrected chi connectivity index (χ2v) is 7.56. The van der Waals surface area contributed by atoms with E-state index in [1.807, 2.05) is 0 Å². The summed E-state index contributed by atoms with van der Waals surface area (Å²) in [5.41, 5.74) is 1.03. The van der Waals surface area contributed by atoms with Gasteiger partial charge in [0.05, 0.1) is 35.1 Å². The van der Waals surface area contributed by atoms with Gasteiger partial charge < -0.3 is 14.9 Å². The molecule has 0 spiro atoms. The van der Waals surface area contributed by atoms with Crippen molar-refractivity contribution in [3.63, 3.8) is 0 Å². The third-order valence-electron chi connectivity index (χ3n) is 5.66. The van der Waals surface area contributed by atoms with E-state index >= 15 is 0 Å². The quantitative estimate of drug-likeness (QED) is 0.402. The lowest BCUT2D eigenvalue weighted by Gasteiger charge is -2.20. The van der Waals surface area contributed by atoms with Gasteiger partial charge in [0.1, 0.15) is 18.2 Å². The van der Waals surface area contributed by atoms with Crippen molar-refractivity contribution in [2.45, 2.75) is 31.7 Å². The molecule has 10 nitrogen and oxygen atoms in total. The number of hydroxylamine groups is 2. The molecule has 2 heterocycles. The molecule has 4 rings (SSSR count). The third-order valence-corrected chi connectivity index (χ3v) is 5.66. The zero-order valence-corrected chi connectivity index (χ0v) is 16.5. The predicted molar refractivity (Wildman–Crippen MR) is 106 cm³/mol. The summed E-state index contributed by atoms with van der Waals surface area (Å²) >= 11 is 0. The van der Waals surface area contributed by atoms with E-state index in [9.17, 15) is 24.8 Å². The zero-order valence-electron chi connectivity index (χ0n) is 16.5. The number of benzene rings is 2. The number of hydrogen-bond acceptors (Lipinski definition) is 8. The highest BCUT2D eigenvalue weighted by Gasteiger charge is 2.56. The summed E-state index contributed by atoms with van der Waals surface area (Å²) in [6, 6.07) is 10.0. The Hall–Kier alpha value is -3.34. The van der Waals surface area contributed by atoms with Crippen LogP contribution in [-0.4, -0.2) is 57.0 Å². The molecule has 2 N–H and O–H groups in total. The molecular formula is C21H20N2O8. The van der Waals surface area contributed by atoms with Crippen LogP contribution in [-0.2, 0) is 20.9 Å². The van der Waals surface area contributed by atoms with Crippen LogP contribution in [0.5, 0.6) is 0 Å². The van der Waals surface area contributed by atoms with Crippen LogP contribution in [0, 0.1) is 16.0 Å². The minimum Gasteiger partial charge on any atom is -0.478 e. The van der Waals surface area contributed by atoms with Gasteiger partial charge in [-0.05, 0) is 36.2 Å². The Bertz CT molecular complexity index is 1060. The first-order valence-electron chi connectivity index (χ1n) is 9.66. The molecule has 31 heavy (non-hydrogen) atoms. The first kappa shape index (κ1) is 20.9. The standard InChI is InChI=1S/C21H20N2O8/c1-11-18-17(10-24)31-22(19(18)21(27)30-11)9-12-3-2-4-13(7-12)15-6-5-14(20(25)26)8-16(15)23(28)29/h2-8,11,17-19,24H,9-10H2,1H3,(H,25,26)/t11-,17?,18+,19-/m0/s1. The smallest absolute Gasteiger partial charge is 0.335 e. The van der Waals surface area contributed by atoms with Crippen molar-refractivity contribution in [1.29, 1.82) is 0 Å². The number of rotatable bonds is 6. The summed E-state index contributed by atoms with van der Waals surface area (Å²) < 4.78 is 5.30. The number of hydrogen-bond donors (Lipinski definition) is 2. The molecular weight excluding hydrogens is 408 g/mol. The van der Waals surface area contributed by atoms with Gasteiger partial charge >= 0.3 is 11.9 Å². The lowest BCUT2D eigenvalue weighted by Crippen LogP contribution is -2.35. The summed E-state index contributed by atoms with van der Waals surface area (Å²) in [6.45, 7) is 1.72. The highest BCUT2D eigenvalue weighted by Crippen LogP contribution is 2.39. The van der Waals surface area contributed by atoms with Crippen molar-refractivity contribution in [3.05, 3.63) is 63.7 Å². The van der Waals surface area contributed by atoms with E-state index in [1.54, 1.807) is 31.2 Å². The number of fused-ring (bicyclic) bond motifs is 1. The molecule has 0 aromatic heterocycles. The van der Waals surface area contributed by atoms with Crippen molar-refractivity contribution < 1.29 is 34.3 Å². The minimum absolute atomic E-state index is 0.174. The minimum atomic E-state index is -1.25. The van der Waals surface area contributed by atoms with E-state index in [0.717, 1.165) is 11.6 Å². The molecule has 10 heteroatoms. The molecule has 2 aromatic rings. The Labute approximate surface area is 176 Å². The van der Waals surface area contributed by atoms with E-state index in [1.165, 1.54) is 17.2 Å². The zero-order chi connectivity index (χ0) is 22.3. The number of carboxylic acid groups (broad SMARTS) is 1. The van der Waals surface area contributed by atoms with Crippen molar-refractivity contribution in [2.24, 2.45) is 5.92 Å². The van der Waals surface area contributed by atoms with Gasteiger partial charge in [-0.15, -0.1) is 0 Å². The number of esters is 1. The van der Waals surface area contributed by atoms with Gasteiger partial charge in [0.25, 0.3) is 5.69 Å². The summed E-state index contributed by atoms with van der Waals surface area (Å²) in [7, 11) is 0. The predicted octanol–water partition coefficient (Wildman–Crippen LogP) is 2.00. The number of carboxylic acids is 1. The third kappa shape index (κ3) is 3.76. The number of aliphatic hydroxyl groups is 1. The number of nitrogens with zero attached hydrogens (tertiary/aromatic N) is 2. The maximum Gasteiger partial charge on any atom is 0.335 e. The van der Waals surface area contributed by atoms with Crippen molar-refractivity contribution in [3.8, 4) is 11.1 Å². The highest BCUT2D eigenvalue weighted by atomic mass is 16.7. The number of carbonyl (C=O) groups is 2. The van der Waals surface area contributed by atoms with Crippen LogP contribution < -0.4 is 0 Å². The lowest BCUT2D eigenvalue weighted by molar-refractivity contribution is -0.384. The summed E-state index contributed by atoms with van der Waals surface area (Å²) in [6.07, 6.45) is -0.930. The number of cyclic esters (lactones) is 1. The number of ether oxygens (including phenoxy) is 1. The van der Waals surface area contributed by atoms with Crippen LogP contribution >= 0.6 is 0 Å². The van der Waals surface area contributed by atoms with E-state index < -0.39 is 29.0 Å². The number of aliphatic hydroxyl groups excluding tert-OH is 1. The molecule has 0 radical (unpaired) electrons. The fourth-order valence-corrected chi connectivity index (χ4v) is 4.24. The summed E-state index contributed by atoms with van der Waals surface area (Å²) in [5, 5.41) is 31.7. The van der Waals surface area contributed by atoms with Crippen LogP contribution in [0.3, 0.4) is 0 Å². The fraction of sp³-hybridized carbons (Fsp3) is 0.333. The summed E-state index contributed by atoms with van der Waals surface area (Å²) in [5.74, 6) is -1.95. The van der Waals surface area contributed by atoms with Crippen LogP contribution in [0.25, 0.3) is 11.1 Å². The number of nitro groups is 1. The van der Waals surface area contributed by atoms with Gasteiger partial charge in [-0.3, -0.25) is 19.7 Å². The van der Waals surface area contributed by atoms with Gasteiger partial charge in [-0.1, -0.05) is 18.2 Å². The molecule has 0 amide bonds. The monoisotopic (exact) mass is 428 g/mol. The summed E-state index contributed by atoms with van der Waals surface area (Å²) in [4.78, 5) is 40.1. The molecule has 2 aliphatic rings. The first-order valence-corrected chi connectivity index (χ1v) is 9.66. The number of carbonyl (C=O) groups excluding carboxylic acids is 1. The molecule has 2 aliphatic heterocycles. The average molecular weight is 428 g/mol. The highest BCUT2D eigenvalue weighted by molar-refractivity contribution is 5.90. The topological polar surface area (TPSA) is 139 Å². The Morgan fingerprint density at radius 1 is 1.26 bits per heavy atom. The fourth-order valence-electron chi connectivity index (χ4n) is 4.24. The number of nitro benzene ring substituents is 1. The van der Waals surface area contributed by atoms with Crippen LogP contribution in [0.1, 0.15) is 22.8 Å². The molecule has 2 saturated heterocycles. The van der Waals surface area contributed by atoms with Gasteiger partial charge in [0.15, 0.2) is 0 Å². The van der Waals surface area contributed by atoms with Crippen LogP contribution in [0.15, 0.2) is 42.5 Å². The van der Waals surface area contributed by atoms with E-state index in [4.69, 9.17) is 14.7 Å². The maximum absolute atomic E-state index is 12.3. The second-order valence-electron chi connectivity index (χ2n) is 7.56. The Morgan fingerprint density at radius 2 is 2.03 bits per heavy atom. The molecule has 2 fully saturated rings. The maximum atomic E-state index is 12.3. The molecule has 0 aliphatic carbocycles. The Balaban J connectivity index is 1.64. The van der Waals surface area contributed by atoms with Crippen molar-refractivity contribution >= 4 is 17.6 Å². The first-order chi connectivity index (χ1) is 14.8. The number of aromatic carboxylic acids is 1. The average Bonchev–Trinajstić information content (AvgIpc) is 3.25. The molecule has 2 aromatic carbocycles. The second kappa shape index (κ2) is 8.06. The Kier molecular flexibility index (Phi) is 5.44. The molecule has 1 unspecified atom stereocenters. The van der Waals surface area contributed by atoms with Gasteiger partial charge in [-0.2, -0.15) is 5.06 Å². The largest absolute Gasteiger partial charge is 0.478 e. The normalized spacial score (nSPS) is 25.3. The SMILES string of the molecule is C[C@@H]1OC(=O)[C@@H]2[C@H]1C(CO)ON2Cc1cccc(-c2ccc(C(=O)O)cc2[N+](=O)[O-])c1. The van der Waals surface area contributed by atoms with Gasteiger partial charge in [0.2, 0.25) is 0 Å². The van der Waals surface area contributed by atoms with Crippen molar-refractivity contribution in [1.82, 2.24) is 5.06 Å². The van der Waals surface area contributed by atoms with Gasteiger partial charge in [-0.25, -0.2) is 4.79 Å². The molecule has 0 bridgehead atoms. The lowest BCUT2D eigenvalue weighted by atomic mass is 9.93. The van der Waals surface area contributed by atoms with Crippen LogP contribution in [0.4, 0.5) is 5.69 Å². The molecule has 4 atom stereocenters. The molecule has 0 saturated carbocycles. The van der Waals surface area contributed by atoms with E-state index in [-0.39, 0.29) is 42.0 Å². The van der Waals surface area contributed by atoms with Crippen LogP contribution in [0.2, 0.25) is 0 Å². The van der Waals surface area contributed by atoms with E-state index in [0.29, 0.717) is 5.56 Å². The van der Waals surface area contributed by atoms with E-state index in [2.05, 4.69) is 0 Å².